The van der Waals surface area contributed by atoms with Crippen molar-refractivity contribution in [2.45, 2.75) is 0 Å². The molecule has 0 saturated heterocycles. The Morgan fingerprint density at radius 3 is 1.59 bits per heavy atom. The second-order valence-electron chi connectivity index (χ2n) is 9.08. The van der Waals surface area contributed by atoms with Crippen molar-refractivity contribution >= 4 is 40.0 Å². The molecule has 0 aliphatic heterocycles. The van der Waals surface area contributed by atoms with E-state index in [1.807, 2.05) is 6.07 Å². The molecule has 6 aromatic rings. The van der Waals surface area contributed by atoms with Crippen molar-refractivity contribution in [2.24, 2.45) is 0 Å². The average molecular weight is 474 g/mol. The number of nitrogens with zero attached hydrogens (tertiary/aromatic N) is 1. The van der Waals surface area contributed by atoms with E-state index in [9.17, 15) is 0 Å². The van der Waals surface area contributed by atoms with Crippen LogP contribution < -0.4 is 4.90 Å². The zero-order valence-electron chi connectivity index (χ0n) is 20.5. The molecule has 0 fully saturated rings. The first-order valence-electron chi connectivity index (χ1n) is 12.6. The van der Waals surface area contributed by atoms with E-state index >= 15 is 0 Å². The van der Waals surface area contributed by atoms with Gasteiger partial charge in [0.25, 0.3) is 0 Å². The van der Waals surface area contributed by atoms with Crippen LogP contribution in [-0.2, 0) is 0 Å². The molecule has 37 heavy (non-hydrogen) atoms. The van der Waals surface area contributed by atoms with Gasteiger partial charge in [0.1, 0.15) is 0 Å². The van der Waals surface area contributed by atoms with E-state index in [-0.39, 0.29) is 0 Å². The first-order chi connectivity index (χ1) is 18.3. The van der Waals surface area contributed by atoms with Gasteiger partial charge in [-0.2, -0.15) is 0 Å². The van der Waals surface area contributed by atoms with Crippen LogP contribution in [0.5, 0.6) is 0 Å². The highest BCUT2D eigenvalue weighted by Gasteiger charge is 2.14. The van der Waals surface area contributed by atoms with E-state index in [1.165, 1.54) is 38.7 Å². The summed E-state index contributed by atoms with van der Waals surface area (Å²) in [5.74, 6) is 0. The zero-order valence-corrected chi connectivity index (χ0v) is 20.5. The van der Waals surface area contributed by atoms with Crippen molar-refractivity contribution < 1.29 is 0 Å². The Kier molecular flexibility index (Phi) is 6.34. The minimum Gasteiger partial charge on any atom is -0.310 e. The van der Waals surface area contributed by atoms with Crippen molar-refractivity contribution in [2.75, 3.05) is 4.90 Å². The van der Waals surface area contributed by atoms with Gasteiger partial charge in [-0.25, -0.2) is 0 Å². The van der Waals surface area contributed by atoms with Crippen molar-refractivity contribution in [3.05, 3.63) is 163 Å². The Morgan fingerprint density at radius 1 is 0.378 bits per heavy atom. The molecule has 0 spiro atoms. The van der Waals surface area contributed by atoms with E-state index in [1.54, 1.807) is 0 Å². The lowest BCUT2D eigenvalue weighted by Gasteiger charge is -2.27. The first kappa shape index (κ1) is 22.6. The molecule has 0 N–H and O–H groups in total. The lowest BCUT2D eigenvalue weighted by Crippen LogP contribution is -2.10. The number of rotatable bonds is 6. The average Bonchev–Trinajstić information content (AvgIpc) is 2.98. The fourth-order valence-corrected chi connectivity index (χ4v) is 4.75. The largest absolute Gasteiger partial charge is 0.310 e. The first-order valence-corrected chi connectivity index (χ1v) is 12.6. The second-order valence-corrected chi connectivity index (χ2v) is 9.08. The number of hydrogen-bond acceptors (Lipinski definition) is 1. The van der Waals surface area contributed by atoms with Crippen LogP contribution in [-0.4, -0.2) is 0 Å². The van der Waals surface area contributed by atoms with Gasteiger partial charge in [-0.3, -0.25) is 0 Å². The molecule has 0 saturated carbocycles. The van der Waals surface area contributed by atoms with E-state index in [0.29, 0.717) is 0 Å². The third kappa shape index (κ3) is 4.94. The summed E-state index contributed by atoms with van der Waals surface area (Å²) in [6, 6.07) is 53.6. The summed E-state index contributed by atoms with van der Waals surface area (Å²) in [5.41, 5.74) is 8.27. The Morgan fingerprint density at radius 2 is 0.892 bits per heavy atom. The molecule has 6 rings (SSSR count). The summed E-state index contributed by atoms with van der Waals surface area (Å²) in [6.07, 6.45) is 4.34. The predicted octanol–water partition coefficient (Wildman–Crippen LogP) is 10.1. The number of hydrogen-bond donors (Lipinski definition) is 0. The third-order valence-corrected chi connectivity index (χ3v) is 6.66. The quantitative estimate of drug-likeness (QED) is 0.217. The van der Waals surface area contributed by atoms with Gasteiger partial charge in [0.2, 0.25) is 0 Å². The molecule has 0 radical (unpaired) electrons. The number of anilines is 3. The molecule has 176 valence electrons. The molecule has 1 heteroatoms. The lowest BCUT2D eigenvalue weighted by molar-refractivity contribution is 1.30. The molecule has 0 aliphatic rings. The van der Waals surface area contributed by atoms with Crippen molar-refractivity contribution in [1.82, 2.24) is 0 Å². The molecule has 0 amide bonds. The van der Waals surface area contributed by atoms with Gasteiger partial charge >= 0.3 is 0 Å². The molecule has 0 bridgehead atoms. The maximum Gasteiger partial charge on any atom is 0.0540 e. The Hall–Kier alpha value is -4.88. The summed E-state index contributed by atoms with van der Waals surface area (Å²) in [6.45, 7) is 0. The maximum absolute atomic E-state index is 2.33. The monoisotopic (exact) mass is 473 g/mol. The predicted molar refractivity (Wildman–Crippen MR) is 159 cm³/mol. The van der Waals surface area contributed by atoms with Crippen LogP contribution in [0.25, 0.3) is 34.1 Å². The van der Waals surface area contributed by atoms with E-state index in [0.717, 1.165) is 11.4 Å². The number of benzene rings is 6. The fraction of sp³-hybridized carbons (Fsp3) is 0. The molecular weight excluding hydrogens is 446 g/mol. The van der Waals surface area contributed by atoms with E-state index in [2.05, 4.69) is 163 Å². The van der Waals surface area contributed by atoms with E-state index in [4.69, 9.17) is 0 Å². The molecule has 0 aromatic heterocycles. The summed E-state index contributed by atoms with van der Waals surface area (Å²) in [4.78, 5) is 2.33. The minimum atomic E-state index is 1.13. The standard InChI is InChI=1S/C36H27N/c1-3-10-30(11-4-1)31-24-20-28(21-25-31)18-19-29-22-26-34(27-23-29)37(33-14-5-2-6-15-33)36-17-9-13-32-12-7-8-16-35(32)36/h1-27H. The summed E-state index contributed by atoms with van der Waals surface area (Å²) >= 11 is 0. The van der Waals surface area contributed by atoms with Crippen LogP contribution in [0.15, 0.2) is 152 Å². The van der Waals surface area contributed by atoms with Gasteiger partial charge in [-0.15, -0.1) is 0 Å². The summed E-state index contributed by atoms with van der Waals surface area (Å²) in [7, 11) is 0. The van der Waals surface area contributed by atoms with Crippen molar-refractivity contribution in [3.8, 4) is 11.1 Å². The van der Waals surface area contributed by atoms with Gasteiger partial charge in [0.15, 0.2) is 0 Å². The van der Waals surface area contributed by atoms with Crippen molar-refractivity contribution in [3.63, 3.8) is 0 Å². The summed E-state index contributed by atoms with van der Waals surface area (Å²) < 4.78 is 0. The molecule has 0 heterocycles. The van der Waals surface area contributed by atoms with Crippen LogP contribution >= 0.6 is 0 Å². The molecule has 0 unspecified atom stereocenters. The van der Waals surface area contributed by atoms with E-state index < -0.39 is 0 Å². The molecule has 0 aliphatic carbocycles. The number of para-hydroxylation sites is 1. The Balaban J connectivity index is 1.29. The number of fused-ring (bicyclic) bond motifs is 1. The molecule has 1 nitrogen and oxygen atoms in total. The van der Waals surface area contributed by atoms with Crippen molar-refractivity contribution in [1.29, 1.82) is 0 Å². The highest BCUT2D eigenvalue weighted by Crippen LogP contribution is 2.38. The zero-order chi connectivity index (χ0) is 24.9. The highest BCUT2D eigenvalue weighted by atomic mass is 15.1. The smallest absolute Gasteiger partial charge is 0.0540 e. The lowest BCUT2D eigenvalue weighted by atomic mass is 10.0. The topological polar surface area (TPSA) is 3.24 Å². The second kappa shape index (κ2) is 10.4. The van der Waals surface area contributed by atoms with Crippen LogP contribution in [0, 0.1) is 0 Å². The minimum absolute atomic E-state index is 1.13. The highest BCUT2D eigenvalue weighted by molar-refractivity contribution is 5.98. The van der Waals surface area contributed by atoms with Crippen LogP contribution in [0.1, 0.15) is 11.1 Å². The van der Waals surface area contributed by atoms with Gasteiger partial charge in [0, 0.05) is 16.8 Å². The third-order valence-electron chi connectivity index (χ3n) is 6.66. The molecular formula is C36H27N. The SMILES string of the molecule is C(=Cc1ccc(N(c2ccccc2)c2cccc3ccccc23)cc1)c1ccc(-c2ccccc2)cc1. The Labute approximate surface area is 218 Å². The molecule has 0 atom stereocenters. The maximum atomic E-state index is 2.33. The van der Waals surface area contributed by atoms with Gasteiger partial charge in [-0.05, 0) is 58.0 Å². The van der Waals surface area contributed by atoms with Gasteiger partial charge in [0.05, 0.1) is 5.69 Å². The molecule has 6 aromatic carbocycles. The van der Waals surface area contributed by atoms with Crippen LogP contribution in [0.3, 0.4) is 0 Å². The van der Waals surface area contributed by atoms with Crippen LogP contribution in [0.2, 0.25) is 0 Å². The summed E-state index contributed by atoms with van der Waals surface area (Å²) in [5, 5.41) is 2.47. The van der Waals surface area contributed by atoms with Crippen LogP contribution in [0.4, 0.5) is 17.1 Å². The Bertz CT molecular complexity index is 1630. The van der Waals surface area contributed by atoms with Gasteiger partial charge < -0.3 is 4.90 Å². The fourth-order valence-electron chi connectivity index (χ4n) is 4.75. The van der Waals surface area contributed by atoms with Gasteiger partial charge in [-0.1, -0.05) is 133 Å². The normalized spacial score (nSPS) is 11.1.